The number of hydrogen-bond donors (Lipinski definition) is 0. The van der Waals surface area contributed by atoms with Gasteiger partial charge in [0.15, 0.2) is 0 Å². The molecule has 0 aromatic carbocycles. The number of rotatable bonds is 4. The lowest BCUT2D eigenvalue weighted by molar-refractivity contribution is 0.996. The predicted octanol–water partition coefficient (Wildman–Crippen LogP) is 2.18. The first-order valence-electron chi connectivity index (χ1n) is 4.46. The van der Waals surface area contributed by atoms with E-state index in [4.69, 9.17) is 11.6 Å². The minimum Gasteiger partial charge on any atom is -0.347 e. The van der Waals surface area contributed by atoms with Crippen LogP contribution in [-0.4, -0.2) is 29.9 Å². The second kappa shape index (κ2) is 5.60. The third kappa shape index (κ3) is 3.34. The van der Waals surface area contributed by atoms with E-state index >= 15 is 0 Å². The Morgan fingerprint density at radius 3 is 2.50 bits per heavy atom. The summed E-state index contributed by atoms with van der Waals surface area (Å²) in [4.78, 5) is 10.2. The van der Waals surface area contributed by atoms with Gasteiger partial charge in [-0.1, -0.05) is 12.2 Å². The van der Waals surface area contributed by atoms with E-state index in [9.17, 15) is 0 Å². The maximum atomic E-state index is 5.55. The fourth-order valence-electron chi connectivity index (χ4n) is 0.931. The number of aromatic nitrogens is 2. The fourth-order valence-corrected chi connectivity index (χ4v) is 1.06. The fraction of sp³-hybridized carbons (Fsp3) is 0.400. The van der Waals surface area contributed by atoms with Gasteiger partial charge in [0.2, 0.25) is 5.95 Å². The second-order valence-corrected chi connectivity index (χ2v) is 3.47. The quantitative estimate of drug-likeness (QED) is 0.715. The Balaban J connectivity index is 2.64. The molecule has 0 unspecified atom stereocenters. The maximum absolute atomic E-state index is 5.55. The Morgan fingerprint density at radius 2 is 2.00 bits per heavy atom. The van der Waals surface area contributed by atoms with Gasteiger partial charge < -0.3 is 4.90 Å². The zero-order valence-electron chi connectivity index (χ0n) is 8.44. The highest BCUT2D eigenvalue weighted by Gasteiger charge is 1.96. The molecule has 0 atom stereocenters. The summed E-state index contributed by atoms with van der Waals surface area (Å²) in [5.41, 5.74) is 1.00. The molecule has 1 heterocycles. The molecule has 0 aliphatic heterocycles. The molecular formula is C10H14ClN3. The van der Waals surface area contributed by atoms with E-state index in [1.54, 1.807) is 12.4 Å². The topological polar surface area (TPSA) is 29.0 Å². The van der Waals surface area contributed by atoms with Gasteiger partial charge in [0.25, 0.3) is 0 Å². The van der Waals surface area contributed by atoms with E-state index in [1.165, 1.54) is 0 Å². The molecule has 14 heavy (non-hydrogen) atoms. The number of anilines is 1. The molecular weight excluding hydrogens is 198 g/mol. The maximum Gasteiger partial charge on any atom is 0.224 e. The van der Waals surface area contributed by atoms with E-state index in [-0.39, 0.29) is 0 Å². The van der Waals surface area contributed by atoms with E-state index < -0.39 is 0 Å². The van der Waals surface area contributed by atoms with Gasteiger partial charge in [-0.25, -0.2) is 9.97 Å². The molecule has 0 amide bonds. The highest BCUT2D eigenvalue weighted by molar-refractivity contribution is 6.17. The van der Waals surface area contributed by atoms with Crippen molar-refractivity contribution in [2.24, 2.45) is 0 Å². The van der Waals surface area contributed by atoms with Crippen molar-refractivity contribution in [3.63, 3.8) is 0 Å². The van der Waals surface area contributed by atoms with Crippen molar-refractivity contribution >= 4 is 23.6 Å². The molecule has 0 saturated carbocycles. The first-order valence-corrected chi connectivity index (χ1v) is 4.99. The summed E-state index contributed by atoms with van der Waals surface area (Å²) in [6, 6.07) is 0. The smallest absolute Gasteiger partial charge is 0.224 e. The zero-order valence-corrected chi connectivity index (χ0v) is 9.20. The van der Waals surface area contributed by atoms with Crippen LogP contribution in [0.1, 0.15) is 12.0 Å². The first kappa shape index (κ1) is 11.0. The van der Waals surface area contributed by atoms with Gasteiger partial charge in [-0.05, 0) is 6.42 Å². The second-order valence-electron chi connectivity index (χ2n) is 3.09. The molecule has 1 rings (SSSR count). The van der Waals surface area contributed by atoms with E-state index in [0.717, 1.165) is 17.9 Å². The van der Waals surface area contributed by atoms with Crippen LogP contribution in [0.15, 0.2) is 18.5 Å². The molecule has 1 aromatic rings. The van der Waals surface area contributed by atoms with Crippen LogP contribution >= 0.6 is 11.6 Å². The third-order valence-corrected chi connectivity index (χ3v) is 1.86. The Morgan fingerprint density at radius 1 is 1.36 bits per heavy atom. The van der Waals surface area contributed by atoms with Gasteiger partial charge in [-0.3, -0.25) is 0 Å². The summed E-state index contributed by atoms with van der Waals surface area (Å²) in [6.07, 6.45) is 8.46. The van der Waals surface area contributed by atoms with E-state index in [0.29, 0.717) is 5.88 Å². The lowest BCUT2D eigenvalue weighted by Gasteiger charge is -2.08. The molecule has 0 bridgehead atoms. The SMILES string of the molecule is CN(C)c1ncc(C=CCCCl)cn1. The molecule has 0 spiro atoms. The van der Waals surface area contributed by atoms with Crippen LogP contribution in [0.5, 0.6) is 0 Å². The first-order chi connectivity index (χ1) is 6.74. The van der Waals surface area contributed by atoms with Crippen molar-refractivity contribution in [3.05, 3.63) is 24.0 Å². The monoisotopic (exact) mass is 211 g/mol. The largest absolute Gasteiger partial charge is 0.347 e. The number of hydrogen-bond acceptors (Lipinski definition) is 3. The zero-order chi connectivity index (χ0) is 10.4. The highest BCUT2D eigenvalue weighted by atomic mass is 35.5. The Hall–Kier alpha value is -1.09. The normalized spacial score (nSPS) is 10.8. The van der Waals surface area contributed by atoms with Crippen LogP contribution in [0.25, 0.3) is 6.08 Å². The number of halogens is 1. The molecule has 0 aliphatic rings. The number of alkyl halides is 1. The summed E-state index contributed by atoms with van der Waals surface area (Å²) in [5.74, 6) is 1.37. The molecule has 0 fully saturated rings. The van der Waals surface area contributed by atoms with Crippen LogP contribution in [0.4, 0.5) is 5.95 Å². The van der Waals surface area contributed by atoms with E-state index in [1.807, 2.05) is 31.1 Å². The standard InChI is InChI=1S/C10H14ClN3/c1-14(2)10-12-7-9(8-13-10)5-3-4-6-11/h3,5,7-8H,4,6H2,1-2H3. The average molecular weight is 212 g/mol. The summed E-state index contributed by atoms with van der Waals surface area (Å²) in [5, 5.41) is 0. The Labute approximate surface area is 89.4 Å². The summed E-state index contributed by atoms with van der Waals surface area (Å²) in [6.45, 7) is 0. The van der Waals surface area contributed by atoms with Crippen LogP contribution in [-0.2, 0) is 0 Å². The molecule has 3 nitrogen and oxygen atoms in total. The molecule has 0 saturated heterocycles. The Bertz CT molecular complexity index is 293. The van der Waals surface area contributed by atoms with Crippen LogP contribution < -0.4 is 4.90 Å². The molecule has 1 aromatic heterocycles. The number of allylic oxidation sites excluding steroid dienone is 1. The minimum absolute atomic E-state index is 0.646. The van der Waals surface area contributed by atoms with Gasteiger partial charge in [0.05, 0.1) is 0 Å². The Kier molecular flexibility index (Phi) is 4.40. The predicted molar refractivity (Wildman–Crippen MR) is 60.7 cm³/mol. The van der Waals surface area contributed by atoms with Crippen molar-refractivity contribution in [1.29, 1.82) is 0 Å². The van der Waals surface area contributed by atoms with Crippen LogP contribution in [0, 0.1) is 0 Å². The van der Waals surface area contributed by atoms with Crippen molar-refractivity contribution in [2.75, 3.05) is 24.9 Å². The van der Waals surface area contributed by atoms with Gasteiger partial charge >= 0.3 is 0 Å². The van der Waals surface area contributed by atoms with Gasteiger partial charge in [0, 0.05) is 37.9 Å². The summed E-state index contributed by atoms with van der Waals surface area (Å²) >= 11 is 5.55. The molecule has 0 aliphatic carbocycles. The van der Waals surface area contributed by atoms with Crippen molar-refractivity contribution in [2.45, 2.75) is 6.42 Å². The lowest BCUT2D eigenvalue weighted by Crippen LogP contribution is -2.12. The molecule has 0 radical (unpaired) electrons. The van der Waals surface area contributed by atoms with Gasteiger partial charge in [0.1, 0.15) is 0 Å². The van der Waals surface area contributed by atoms with Gasteiger partial charge in [-0.2, -0.15) is 0 Å². The van der Waals surface area contributed by atoms with Crippen molar-refractivity contribution < 1.29 is 0 Å². The van der Waals surface area contributed by atoms with Crippen LogP contribution in [0.3, 0.4) is 0 Å². The third-order valence-electron chi connectivity index (χ3n) is 1.64. The van der Waals surface area contributed by atoms with Crippen molar-refractivity contribution in [1.82, 2.24) is 9.97 Å². The molecule has 76 valence electrons. The average Bonchev–Trinajstić information content (AvgIpc) is 2.19. The minimum atomic E-state index is 0.646. The van der Waals surface area contributed by atoms with Crippen molar-refractivity contribution in [3.8, 4) is 0 Å². The summed E-state index contributed by atoms with van der Waals surface area (Å²) in [7, 11) is 3.83. The number of nitrogens with zero attached hydrogens (tertiary/aromatic N) is 3. The van der Waals surface area contributed by atoms with Gasteiger partial charge in [-0.15, -0.1) is 11.6 Å². The van der Waals surface area contributed by atoms with Crippen LogP contribution in [0.2, 0.25) is 0 Å². The van der Waals surface area contributed by atoms with E-state index in [2.05, 4.69) is 9.97 Å². The molecule has 0 N–H and O–H groups in total. The summed E-state index contributed by atoms with van der Waals surface area (Å²) < 4.78 is 0. The molecule has 4 heteroatoms. The lowest BCUT2D eigenvalue weighted by atomic mass is 10.3. The highest BCUT2D eigenvalue weighted by Crippen LogP contribution is 2.05.